The van der Waals surface area contributed by atoms with Crippen LogP contribution >= 0.6 is 22.9 Å². The van der Waals surface area contributed by atoms with Crippen LogP contribution in [-0.2, 0) is 6.42 Å². The van der Waals surface area contributed by atoms with E-state index in [1.54, 1.807) is 11.3 Å². The number of halogens is 1. The Kier molecular flexibility index (Phi) is 2.31. The third kappa shape index (κ3) is 1.36. The summed E-state index contributed by atoms with van der Waals surface area (Å²) in [6.45, 7) is 4.23. The van der Waals surface area contributed by atoms with Gasteiger partial charge in [0.25, 0.3) is 0 Å². The molecule has 0 aliphatic rings. The summed E-state index contributed by atoms with van der Waals surface area (Å²) >= 11 is 8.01. The smallest absolute Gasteiger partial charge is 0.0474 e. The number of hydrogen-bond donors (Lipinski definition) is 0. The van der Waals surface area contributed by atoms with Gasteiger partial charge in [0.15, 0.2) is 0 Å². The Morgan fingerprint density at radius 2 is 2.23 bits per heavy atom. The van der Waals surface area contributed by atoms with Gasteiger partial charge < -0.3 is 0 Å². The molecule has 0 saturated carbocycles. The maximum atomic E-state index is 6.23. The highest BCUT2D eigenvalue weighted by molar-refractivity contribution is 7.17. The van der Waals surface area contributed by atoms with Gasteiger partial charge in [-0.05, 0) is 47.4 Å². The van der Waals surface area contributed by atoms with Crippen LogP contribution < -0.4 is 0 Å². The predicted molar refractivity (Wildman–Crippen MR) is 61.0 cm³/mol. The predicted octanol–water partition coefficient (Wildman–Crippen LogP) is 4.43. The Balaban J connectivity index is 2.83. The molecule has 0 N–H and O–H groups in total. The van der Waals surface area contributed by atoms with Gasteiger partial charge in [-0.15, -0.1) is 11.3 Å². The molecule has 1 aromatic heterocycles. The second kappa shape index (κ2) is 3.32. The van der Waals surface area contributed by atoms with Gasteiger partial charge in [0, 0.05) is 9.72 Å². The van der Waals surface area contributed by atoms with E-state index in [1.165, 1.54) is 21.2 Å². The molecule has 0 atom stereocenters. The van der Waals surface area contributed by atoms with E-state index in [-0.39, 0.29) is 0 Å². The molecule has 2 aromatic rings. The van der Waals surface area contributed by atoms with Crippen molar-refractivity contribution in [2.24, 2.45) is 0 Å². The highest BCUT2D eigenvalue weighted by Crippen LogP contribution is 2.32. The zero-order valence-corrected chi connectivity index (χ0v) is 9.30. The summed E-state index contributed by atoms with van der Waals surface area (Å²) in [5, 5.41) is 4.36. The molecule has 0 aliphatic heterocycles. The largest absolute Gasteiger partial charge is 0.144 e. The fourth-order valence-electron chi connectivity index (χ4n) is 1.58. The molecule has 0 nitrogen and oxygen atoms in total. The average molecular weight is 211 g/mol. The summed E-state index contributed by atoms with van der Waals surface area (Å²) in [7, 11) is 0. The van der Waals surface area contributed by atoms with Crippen LogP contribution in [0.1, 0.15) is 18.1 Å². The van der Waals surface area contributed by atoms with E-state index in [2.05, 4.69) is 31.4 Å². The molecular formula is C11H11ClS. The third-order valence-corrected chi connectivity index (χ3v) is 3.79. The van der Waals surface area contributed by atoms with Crippen LogP contribution in [-0.4, -0.2) is 0 Å². The summed E-state index contributed by atoms with van der Waals surface area (Å²) in [5.41, 5.74) is 2.48. The second-order valence-electron chi connectivity index (χ2n) is 3.16. The van der Waals surface area contributed by atoms with E-state index < -0.39 is 0 Å². The van der Waals surface area contributed by atoms with Gasteiger partial charge in [0.2, 0.25) is 0 Å². The van der Waals surface area contributed by atoms with Crippen LogP contribution in [0, 0.1) is 6.92 Å². The average Bonchev–Trinajstić information content (AvgIpc) is 2.59. The molecule has 2 heteroatoms. The monoisotopic (exact) mass is 210 g/mol. The van der Waals surface area contributed by atoms with Crippen LogP contribution in [0.4, 0.5) is 0 Å². The minimum Gasteiger partial charge on any atom is -0.144 e. The van der Waals surface area contributed by atoms with E-state index in [1.807, 2.05) is 0 Å². The SMILES string of the molecule is CCc1cc2sccc2c(C)c1Cl. The lowest BCUT2D eigenvalue weighted by Gasteiger charge is -2.05. The molecule has 0 saturated heterocycles. The Hall–Kier alpha value is -0.530. The van der Waals surface area contributed by atoms with Crippen LogP contribution in [0.3, 0.4) is 0 Å². The number of hydrogen-bond acceptors (Lipinski definition) is 1. The van der Waals surface area contributed by atoms with Crippen molar-refractivity contribution >= 4 is 33.0 Å². The first-order valence-corrected chi connectivity index (χ1v) is 5.65. The fourth-order valence-corrected chi connectivity index (χ4v) is 2.78. The summed E-state index contributed by atoms with van der Waals surface area (Å²) in [5.74, 6) is 0. The molecule has 13 heavy (non-hydrogen) atoms. The third-order valence-electron chi connectivity index (χ3n) is 2.40. The molecule has 0 radical (unpaired) electrons. The van der Waals surface area contributed by atoms with Gasteiger partial charge >= 0.3 is 0 Å². The van der Waals surface area contributed by atoms with Crippen LogP contribution in [0.25, 0.3) is 10.1 Å². The van der Waals surface area contributed by atoms with E-state index in [0.29, 0.717) is 0 Å². The molecule has 1 aromatic carbocycles. The molecule has 2 rings (SSSR count). The van der Waals surface area contributed by atoms with E-state index in [0.717, 1.165) is 11.4 Å². The number of thiophene rings is 1. The molecule has 0 aliphatic carbocycles. The molecule has 0 amide bonds. The quantitative estimate of drug-likeness (QED) is 0.654. The van der Waals surface area contributed by atoms with Gasteiger partial charge in [-0.25, -0.2) is 0 Å². The topological polar surface area (TPSA) is 0 Å². The Labute approximate surface area is 87.2 Å². The Bertz CT molecular complexity index is 443. The Morgan fingerprint density at radius 3 is 2.92 bits per heavy atom. The molecular weight excluding hydrogens is 200 g/mol. The van der Waals surface area contributed by atoms with Gasteiger partial charge in [-0.3, -0.25) is 0 Å². The zero-order chi connectivity index (χ0) is 9.42. The summed E-state index contributed by atoms with van der Waals surface area (Å²) in [6.07, 6.45) is 1.01. The lowest BCUT2D eigenvalue weighted by Crippen LogP contribution is -1.85. The maximum Gasteiger partial charge on any atom is 0.0474 e. The molecule has 68 valence electrons. The van der Waals surface area contributed by atoms with Crippen molar-refractivity contribution in [3.8, 4) is 0 Å². The summed E-state index contributed by atoms with van der Waals surface area (Å²) in [4.78, 5) is 0. The lowest BCUT2D eigenvalue weighted by molar-refractivity contribution is 1.14. The first-order valence-electron chi connectivity index (χ1n) is 4.39. The first kappa shape index (κ1) is 9.04. The van der Waals surface area contributed by atoms with Crippen molar-refractivity contribution in [3.05, 3.63) is 33.7 Å². The van der Waals surface area contributed by atoms with Crippen LogP contribution in [0.2, 0.25) is 5.02 Å². The Morgan fingerprint density at radius 1 is 1.46 bits per heavy atom. The van der Waals surface area contributed by atoms with E-state index in [4.69, 9.17) is 11.6 Å². The second-order valence-corrected chi connectivity index (χ2v) is 4.49. The van der Waals surface area contributed by atoms with E-state index >= 15 is 0 Å². The molecule has 0 spiro atoms. The fraction of sp³-hybridized carbons (Fsp3) is 0.273. The van der Waals surface area contributed by atoms with Crippen molar-refractivity contribution in [2.45, 2.75) is 20.3 Å². The van der Waals surface area contributed by atoms with Crippen molar-refractivity contribution in [1.82, 2.24) is 0 Å². The number of rotatable bonds is 1. The van der Waals surface area contributed by atoms with Crippen molar-refractivity contribution in [3.63, 3.8) is 0 Å². The minimum atomic E-state index is 0.938. The van der Waals surface area contributed by atoms with Gasteiger partial charge in [0.05, 0.1) is 0 Å². The lowest BCUT2D eigenvalue weighted by atomic mass is 10.1. The molecule has 0 unspecified atom stereocenters. The summed E-state index contributed by atoms with van der Waals surface area (Å²) in [6, 6.07) is 4.34. The highest BCUT2D eigenvalue weighted by atomic mass is 35.5. The molecule has 0 fully saturated rings. The number of aryl methyl sites for hydroxylation is 2. The van der Waals surface area contributed by atoms with Crippen molar-refractivity contribution in [1.29, 1.82) is 0 Å². The highest BCUT2D eigenvalue weighted by Gasteiger charge is 2.07. The van der Waals surface area contributed by atoms with Gasteiger partial charge in [-0.1, -0.05) is 18.5 Å². The maximum absolute atomic E-state index is 6.23. The summed E-state index contributed by atoms with van der Waals surface area (Å²) < 4.78 is 1.35. The molecule has 0 bridgehead atoms. The van der Waals surface area contributed by atoms with Gasteiger partial charge in [-0.2, -0.15) is 0 Å². The standard InChI is InChI=1S/C11H11ClS/c1-3-8-6-10-9(4-5-13-10)7(2)11(8)12/h4-6H,3H2,1-2H3. The van der Waals surface area contributed by atoms with E-state index in [9.17, 15) is 0 Å². The number of benzene rings is 1. The first-order chi connectivity index (χ1) is 6.24. The minimum absolute atomic E-state index is 0.938. The van der Waals surface area contributed by atoms with Gasteiger partial charge in [0.1, 0.15) is 0 Å². The van der Waals surface area contributed by atoms with Crippen molar-refractivity contribution in [2.75, 3.05) is 0 Å². The molecule has 1 heterocycles. The van der Waals surface area contributed by atoms with Crippen molar-refractivity contribution < 1.29 is 0 Å². The zero-order valence-electron chi connectivity index (χ0n) is 7.73. The van der Waals surface area contributed by atoms with Crippen LogP contribution in [0.5, 0.6) is 0 Å². The number of fused-ring (bicyclic) bond motifs is 1. The van der Waals surface area contributed by atoms with Crippen LogP contribution in [0.15, 0.2) is 17.5 Å². The normalized spacial score (nSPS) is 11.0.